The second kappa shape index (κ2) is 11.5. The summed E-state index contributed by atoms with van der Waals surface area (Å²) in [4.78, 5) is 15.4. The molecule has 3 N–H and O–H groups in total. The highest BCUT2D eigenvalue weighted by molar-refractivity contribution is 5.88. The average molecular weight is 348 g/mol. The molecule has 0 saturated heterocycles. The van der Waals surface area contributed by atoms with Crippen LogP contribution in [0.1, 0.15) is 39.7 Å². The van der Waals surface area contributed by atoms with E-state index in [0.717, 1.165) is 36.8 Å². The molecule has 25 heavy (non-hydrogen) atoms. The van der Waals surface area contributed by atoms with Gasteiger partial charge >= 0.3 is 0 Å². The van der Waals surface area contributed by atoms with Crippen molar-refractivity contribution >= 4 is 17.6 Å². The predicted molar refractivity (Wildman–Crippen MR) is 104 cm³/mol. The van der Waals surface area contributed by atoms with Crippen LogP contribution in [0.25, 0.3) is 0 Å². The van der Waals surface area contributed by atoms with Gasteiger partial charge in [0, 0.05) is 39.4 Å². The van der Waals surface area contributed by atoms with Crippen LogP contribution in [0.2, 0.25) is 0 Å². The third-order valence-corrected chi connectivity index (χ3v) is 3.78. The minimum atomic E-state index is -0.0726. The minimum Gasteiger partial charge on any atom is -0.378 e. The van der Waals surface area contributed by atoms with Crippen LogP contribution in [0.4, 0.5) is 5.69 Å². The first-order chi connectivity index (χ1) is 12.0. The number of carbonyl (C=O) groups is 1. The van der Waals surface area contributed by atoms with Gasteiger partial charge in [-0.2, -0.15) is 0 Å². The van der Waals surface area contributed by atoms with Crippen molar-refractivity contribution in [1.29, 1.82) is 0 Å². The fourth-order valence-corrected chi connectivity index (χ4v) is 2.52. The molecule has 1 aromatic rings. The fourth-order valence-electron chi connectivity index (χ4n) is 2.52. The van der Waals surface area contributed by atoms with E-state index in [0.29, 0.717) is 12.5 Å². The van der Waals surface area contributed by atoms with Gasteiger partial charge in [-0.05, 0) is 37.0 Å². The Kier molecular flexibility index (Phi) is 9.62. The SMILES string of the molecule is CCOC(CCNC(=NC)NCc1cccc(NC(C)=O)c1)C(C)C. The zero-order valence-electron chi connectivity index (χ0n) is 16.1. The van der Waals surface area contributed by atoms with Crippen LogP contribution in [0.15, 0.2) is 29.3 Å². The number of carbonyl (C=O) groups excluding carboxylic acids is 1. The van der Waals surface area contributed by atoms with E-state index in [4.69, 9.17) is 4.74 Å². The lowest BCUT2D eigenvalue weighted by molar-refractivity contribution is -0.114. The smallest absolute Gasteiger partial charge is 0.221 e. The summed E-state index contributed by atoms with van der Waals surface area (Å²) in [5.41, 5.74) is 1.87. The van der Waals surface area contributed by atoms with Crippen molar-refractivity contribution in [3.63, 3.8) is 0 Å². The summed E-state index contributed by atoms with van der Waals surface area (Å²) in [6.07, 6.45) is 1.19. The lowest BCUT2D eigenvalue weighted by Gasteiger charge is -2.21. The first kappa shape index (κ1) is 21.0. The maximum atomic E-state index is 11.1. The first-order valence-corrected chi connectivity index (χ1v) is 8.88. The van der Waals surface area contributed by atoms with Gasteiger partial charge in [0.2, 0.25) is 5.91 Å². The van der Waals surface area contributed by atoms with Gasteiger partial charge in [-0.25, -0.2) is 0 Å². The van der Waals surface area contributed by atoms with Gasteiger partial charge in [0.05, 0.1) is 6.10 Å². The van der Waals surface area contributed by atoms with Gasteiger partial charge in [0.15, 0.2) is 5.96 Å². The Morgan fingerprint density at radius 2 is 2.04 bits per heavy atom. The monoisotopic (exact) mass is 348 g/mol. The number of aliphatic imine (C=N–C) groups is 1. The second-order valence-corrected chi connectivity index (χ2v) is 6.26. The Balaban J connectivity index is 2.45. The zero-order valence-corrected chi connectivity index (χ0v) is 16.1. The second-order valence-electron chi connectivity index (χ2n) is 6.26. The number of hydrogen-bond acceptors (Lipinski definition) is 3. The zero-order chi connectivity index (χ0) is 18.7. The molecule has 0 spiro atoms. The number of hydrogen-bond donors (Lipinski definition) is 3. The Bertz CT molecular complexity index is 558. The maximum Gasteiger partial charge on any atom is 0.221 e. The van der Waals surface area contributed by atoms with E-state index in [2.05, 4.69) is 34.8 Å². The molecule has 0 radical (unpaired) electrons. The van der Waals surface area contributed by atoms with Crippen LogP contribution in [-0.4, -0.2) is 38.2 Å². The number of guanidine groups is 1. The van der Waals surface area contributed by atoms with E-state index in [1.807, 2.05) is 31.2 Å². The Morgan fingerprint density at radius 3 is 2.64 bits per heavy atom. The van der Waals surface area contributed by atoms with E-state index >= 15 is 0 Å². The van der Waals surface area contributed by atoms with Crippen molar-refractivity contribution in [3.8, 4) is 0 Å². The third-order valence-electron chi connectivity index (χ3n) is 3.78. The molecule has 0 aliphatic carbocycles. The quantitative estimate of drug-likeness (QED) is 0.474. The molecular formula is C19H32N4O2. The number of ether oxygens (including phenoxy) is 1. The molecule has 1 atom stereocenters. The van der Waals surface area contributed by atoms with Gasteiger partial charge < -0.3 is 20.7 Å². The summed E-state index contributed by atoms with van der Waals surface area (Å²) in [6, 6.07) is 7.76. The Hall–Kier alpha value is -2.08. The van der Waals surface area contributed by atoms with Gasteiger partial charge in [0.1, 0.15) is 0 Å². The molecule has 6 heteroatoms. The molecule has 0 heterocycles. The fraction of sp³-hybridized carbons (Fsp3) is 0.579. The molecule has 0 fully saturated rings. The topological polar surface area (TPSA) is 74.8 Å². The molecule has 0 saturated carbocycles. The van der Waals surface area contributed by atoms with Crippen molar-refractivity contribution < 1.29 is 9.53 Å². The summed E-state index contributed by atoms with van der Waals surface area (Å²) in [5.74, 6) is 1.17. The number of amides is 1. The van der Waals surface area contributed by atoms with Crippen LogP contribution < -0.4 is 16.0 Å². The van der Waals surface area contributed by atoms with Crippen molar-refractivity contribution in [2.24, 2.45) is 10.9 Å². The summed E-state index contributed by atoms with van der Waals surface area (Å²) < 4.78 is 5.76. The van der Waals surface area contributed by atoms with E-state index < -0.39 is 0 Å². The standard InChI is InChI=1S/C19H32N4O2/c1-6-25-18(14(2)3)10-11-21-19(20-5)22-13-16-8-7-9-17(12-16)23-15(4)24/h7-9,12,14,18H,6,10-11,13H2,1-5H3,(H,23,24)(H2,20,21,22). The first-order valence-electron chi connectivity index (χ1n) is 8.88. The number of benzene rings is 1. The largest absolute Gasteiger partial charge is 0.378 e. The normalized spacial score (nSPS) is 12.8. The molecule has 0 bridgehead atoms. The number of nitrogens with one attached hydrogen (secondary N) is 3. The number of anilines is 1. The van der Waals surface area contributed by atoms with Gasteiger partial charge in [-0.3, -0.25) is 9.79 Å². The van der Waals surface area contributed by atoms with Crippen LogP contribution in [0, 0.1) is 5.92 Å². The average Bonchev–Trinajstić information content (AvgIpc) is 2.56. The molecular weight excluding hydrogens is 316 g/mol. The Labute approximate surface area is 151 Å². The van der Waals surface area contributed by atoms with Crippen molar-refractivity contribution in [1.82, 2.24) is 10.6 Å². The molecule has 6 nitrogen and oxygen atoms in total. The van der Waals surface area contributed by atoms with E-state index in [1.165, 1.54) is 6.92 Å². The highest BCUT2D eigenvalue weighted by Gasteiger charge is 2.12. The van der Waals surface area contributed by atoms with Crippen molar-refractivity contribution in [2.75, 3.05) is 25.5 Å². The molecule has 140 valence electrons. The molecule has 1 rings (SSSR count). The minimum absolute atomic E-state index is 0.0726. The van der Waals surface area contributed by atoms with Crippen LogP contribution in [0.3, 0.4) is 0 Å². The molecule has 0 aliphatic rings. The van der Waals surface area contributed by atoms with Crippen LogP contribution in [0.5, 0.6) is 0 Å². The summed E-state index contributed by atoms with van der Waals surface area (Å²) in [6.45, 7) is 10.0. The van der Waals surface area contributed by atoms with Crippen molar-refractivity contribution in [3.05, 3.63) is 29.8 Å². The van der Waals surface area contributed by atoms with Gasteiger partial charge in [-0.15, -0.1) is 0 Å². The van der Waals surface area contributed by atoms with Crippen LogP contribution >= 0.6 is 0 Å². The lowest BCUT2D eigenvalue weighted by atomic mass is 10.0. The highest BCUT2D eigenvalue weighted by Crippen LogP contribution is 2.11. The molecule has 0 aromatic heterocycles. The van der Waals surface area contributed by atoms with Gasteiger partial charge in [-0.1, -0.05) is 26.0 Å². The molecule has 0 aliphatic heterocycles. The van der Waals surface area contributed by atoms with Crippen molar-refractivity contribution in [2.45, 2.75) is 46.8 Å². The van der Waals surface area contributed by atoms with E-state index in [-0.39, 0.29) is 12.0 Å². The molecule has 1 aromatic carbocycles. The number of nitrogens with zero attached hydrogens (tertiary/aromatic N) is 1. The lowest BCUT2D eigenvalue weighted by Crippen LogP contribution is -2.38. The summed E-state index contributed by atoms with van der Waals surface area (Å²) >= 11 is 0. The van der Waals surface area contributed by atoms with Crippen LogP contribution in [-0.2, 0) is 16.1 Å². The summed E-state index contributed by atoms with van der Waals surface area (Å²) in [7, 11) is 1.76. The predicted octanol–water partition coefficient (Wildman–Crippen LogP) is 2.76. The molecule has 1 unspecified atom stereocenters. The van der Waals surface area contributed by atoms with Gasteiger partial charge in [0.25, 0.3) is 0 Å². The van der Waals surface area contributed by atoms with E-state index in [9.17, 15) is 4.79 Å². The van der Waals surface area contributed by atoms with E-state index in [1.54, 1.807) is 7.05 Å². The maximum absolute atomic E-state index is 11.1. The highest BCUT2D eigenvalue weighted by atomic mass is 16.5. The Morgan fingerprint density at radius 1 is 1.28 bits per heavy atom. The summed E-state index contributed by atoms with van der Waals surface area (Å²) in [5, 5.41) is 9.40. The number of rotatable bonds is 9. The molecule has 1 amide bonds. The third kappa shape index (κ3) is 8.54.